The van der Waals surface area contributed by atoms with Crippen LogP contribution in [-0.2, 0) is 14.8 Å². The summed E-state index contributed by atoms with van der Waals surface area (Å²) in [6.07, 6.45) is 1.89. The normalized spacial score (nSPS) is 18.3. The van der Waals surface area contributed by atoms with Gasteiger partial charge in [-0.2, -0.15) is 0 Å². The number of nitrogens with zero attached hydrogens (tertiary/aromatic N) is 2. The molecular weight excluding hydrogens is 454 g/mol. The Morgan fingerprint density at radius 1 is 0.971 bits per heavy atom. The van der Waals surface area contributed by atoms with Crippen LogP contribution in [0.2, 0.25) is 0 Å². The van der Waals surface area contributed by atoms with Crippen LogP contribution >= 0.6 is 0 Å². The third-order valence-corrected chi connectivity index (χ3v) is 7.63. The molecule has 2 aliphatic rings. The molecular formula is C25H21N3O5S. The summed E-state index contributed by atoms with van der Waals surface area (Å²) in [5.41, 5.74) is 5.54. The first kappa shape index (κ1) is 21.7. The first-order chi connectivity index (χ1) is 16.4. The van der Waals surface area contributed by atoms with Crippen LogP contribution in [0.5, 0.6) is 5.75 Å². The summed E-state index contributed by atoms with van der Waals surface area (Å²) in [5, 5.41) is 1.36. The second-order valence-corrected chi connectivity index (χ2v) is 9.68. The van der Waals surface area contributed by atoms with E-state index >= 15 is 0 Å². The number of hydrazine groups is 1. The number of carbonyl (C=O) groups is 2. The maximum Gasteiger partial charge on any atom is 0.269 e. The smallest absolute Gasteiger partial charge is 0.269 e. The molecule has 2 heterocycles. The lowest BCUT2D eigenvalue weighted by molar-refractivity contribution is -0.134. The lowest BCUT2D eigenvalue weighted by atomic mass is 10.0. The fourth-order valence-corrected chi connectivity index (χ4v) is 5.62. The zero-order chi connectivity index (χ0) is 23.9. The summed E-state index contributed by atoms with van der Waals surface area (Å²) in [7, 11) is -2.53. The van der Waals surface area contributed by atoms with Gasteiger partial charge < -0.3 is 4.74 Å². The van der Waals surface area contributed by atoms with Crippen LogP contribution < -0.4 is 10.2 Å². The monoisotopic (exact) mass is 475 g/mol. The third kappa shape index (κ3) is 3.60. The number of benzene rings is 3. The average Bonchev–Trinajstić information content (AvgIpc) is 3.39. The SMILES string of the molecule is COc1ccc([C@H]2C=C(c3ccccc3)NN2C(=O)CN2C(=O)c3ccccc3S2(=O)=O)cc1. The molecule has 0 unspecified atom stereocenters. The van der Waals surface area contributed by atoms with Crippen molar-refractivity contribution in [2.75, 3.05) is 13.7 Å². The van der Waals surface area contributed by atoms with Crippen LogP contribution in [0, 0.1) is 0 Å². The Hall–Kier alpha value is -4.11. The lowest BCUT2D eigenvalue weighted by Gasteiger charge is -2.27. The predicted octanol–water partition coefficient (Wildman–Crippen LogP) is 2.97. The Bertz CT molecular complexity index is 1400. The lowest BCUT2D eigenvalue weighted by Crippen LogP contribution is -2.46. The van der Waals surface area contributed by atoms with Gasteiger partial charge in [0.1, 0.15) is 17.2 Å². The summed E-state index contributed by atoms with van der Waals surface area (Å²) in [6.45, 7) is -0.620. The Morgan fingerprint density at radius 2 is 1.65 bits per heavy atom. The van der Waals surface area contributed by atoms with E-state index in [0.717, 1.165) is 11.1 Å². The molecule has 8 nitrogen and oxygen atoms in total. The first-order valence-corrected chi connectivity index (χ1v) is 12.0. The summed E-state index contributed by atoms with van der Waals surface area (Å²) >= 11 is 0. The van der Waals surface area contributed by atoms with Gasteiger partial charge >= 0.3 is 0 Å². The quantitative estimate of drug-likeness (QED) is 0.610. The molecule has 1 atom stereocenters. The molecule has 1 N–H and O–H groups in total. The first-order valence-electron chi connectivity index (χ1n) is 10.6. The Kier molecular flexibility index (Phi) is 5.33. The number of nitrogens with one attached hydrogen (secondary N) is 1. The van der Waals surface area contributed by atoms with Crippen molar-refractivity contribution in [1.82, 2.24) is 14.7 Å². The fourth-order valence-electron chi connectivity index (χ4n) is 4.10. The highest BCUT2D eigenvalue weighted by Gasteiger charge is 2.43. The molecule has 0 radical (unpaired) electrons. The van der Waals surface area contributed by atoms with Crippen molar-refractivity contribution >= 4 is 27.5 Å². The highest BCUT2D eigenvalue weighted by Crippen LogP contribution is 2.34. The number of methoxy groups -OCH3 is 1. The van der Waals surface area contributed by atoms with Gasteiger partial charge in [0.15, 0.2) is 0 Å². The van der Waals surface area contributed by atoms with Crippen LogP contribution in [0.3, 0.4) is 0 Å². The fraction of sp³-hybridized carbons (Fsp3) is 0.120. The molecule has 2 amide bonds. The van der Waals surface area contributed by atoms with Gasteiger partial charge in [-0.25, -0.2) is 17.7 Å². The number of ether oxygens (including phenoxy) is 1. The highest BCUT2D eigenvalue weighted by atomic mass is 32.2. The average molecular weight is 476 g/mol. The minimum Gasteiger partial charge on any atom is -0.497 e. The predicted molar refractivity (Wildman–Crippen MR) is 125 cm³/mol. The molecule has 0 fully saturated rings. The highest BCUT2D eigenvalue weighted by molar-refractivity contribution is 7.90. The molecule has 5 rings (SSSR count). The van der Waals surface area contributed by atoms with Crippen molar-refractivity contribution in [2.24, 2.45) is 0 Å². The van der Waals surface area contributed by atoms with Crippen LogP contribution in [0.1, 0.15) is 27.5 Å². The van der Waals surface area contributed by atoms with E-state index < -0.39 is 34.4 Å². The Labute approximate surface area is 197 Å². The molecule has 2 aliphatic heterocycles. The maximum absolute atomic E-state index is 13.4. The number of fused-ring (bicyclic) bond motifs is 1. The molecule has 34 heavy (non-hydrogen) atoms. The molecule has 172 valence electrons. The number of hydrogen-bond donors (Lipinski definition) is 1. The van der Waals surface area contributed by atoms with Gasteiger partial charge in [-0.15, -0.1) is 0 Å². The Morgan fingerprint density at radius 3 is 2.32 bits per heavy atom. The van der Waals surface area contributed by atoms with Gasteiger partial charge in [0, 0.05) is 0 Å². The van der Waals surface area contributed by atoms with E-state index in [2.05, 4.69) is 5.43 Å². The molecule has 3 aromatic carbocycles. The molecule has 0 bridgehead atoms. The van der Waals surface area contributed by atoms with Crippen molar-refractivity contribution in [3.63, 3.8) is 0 Å². The molecule has 0 saturated heterocycles. The number of hydrogen-bond acceptors (Lipinski definition) is 6. The van der Waals surface area contributed by atoms with E-state index in [1.807, 2.05) is 48.5 Å². The molecule has 0 saturated carbocycles. The maximum atomic E-state index is 13.4. The molecule has 9 heteroatoms. The molecule has 0 aliphatic carbocycles. The van der Waals surface area contributed by atoms with E-state index in [4.69, 9.17) is 4.74 Å². The molecule has 3 aromatic rings. The van der Waals surface area contributed by atoms with Gasteiger partial charge in [-0.1, -0.05) is 54.6 Å². The number of sulfonamides is 1. The number of rotatable bonds is 5. The Balaban J connectivity index is 1.46. The second-order valence-electron chi connectivity index (χ2n) is 7.85. The van der Waals surface area contributed by atoms with Crippen LogP contribution in [0.15, 0.2) is 89.8 Å². The third-order valence-electron chi connectivity index (χ3n) is 5.85. The van der Waals surface area contributed by atoms with E-state index in [1.165, 1.54) is 17.1 Å². The van der Waals surface area contributed by atoms with Crippen LogP contribution in [0.25, 0.3) is 5.70 Å². The number of carbonyl (C=O) groups excluding carboxylic acids is 2. The van der Waals surface area contributed by atoms with E-state index in [0.29, 0.717) is 15.8 Å². The summed E-state index contributed by atoms with van der Waals surface area (Å²) < 4.78 is 31.7. The minimum atomic E-state index is -4.10. The standard InChI is InChI=1S/C25H21N3O5S/c1-33-19-13-11-18(12-14-19)22-15-21(17-7-3-2-4-8-17)26-28(22)24(29)16-27-25(30)20-9-5-6-10-23(20)34(27,31)32/h2-15,22,26H,16H2,1H3/t22-/m1/s1. The second kappa shape index (κ2) is 8.35. The molecule has 0 spiro atoms. The van der Waals surface area contributed by atoms with Crippen molar-refractivity contribution in [2.45, 2.75) is 10.9 Å². The topological polar surface area (TPSA) is 96.0 Å². The van der Waals surface area contributed by atoms with Crippen LogP contribution in [0.4, 0.5) is 0 Å². The minimum absolute atomic E-state index is 0.0690. The zero-order valence-corrected chi connectivity index (χ0v) is 19.0. The van der Waals surface area contributed by atoms with Crippen molar-refractivity contribution in [3.8, 4) is 5.75 Å². The van der Waals surface area contributed by atoms with Gasteiger partial charge in [0.05, 0.1) is 24.4 Å². The van der Waals surface area contributed by atoms with Gasteiger partial charge in [-0.3, -0.25) is 15.0 Å². The summed E-state index contributed by atoms with van der Waals surface area (Å²) in [6, 6.07) is 22.2. The van der Waals surface area contributed by atoms with Crippen molar-refractivity contribution in [1.29, 1.82) is 0 Å². The number of amides is 2. The van der Waals surface area contributed by atoms with Gasteiger partial charge in [0.2, 0.25) is 0 Å². The van der Waals surface area contributed by atoms with Gasteiger partial charge in [-0.05, 0) is 41.5 Å². The van der Waals surface area contributed by atoms with E-state index in [-0.39, 0.29) is 10.5 Å². The zero-order valence-electron chi connectivity index (χ0n) is 18.2. The largest absolute Gasteiger partial charge is 0.497 e. The van der Waals surface area contributed by atoms with E-state index in [9.17, 15) is 18.0 Å². The molecule has 0 aromatic heterocycles. The van der Waals surface area contributed by atoms with Crippen molar-refractivity contribution < 1.29 is 22.7 Å². The summed E-state index contributed by atoms with van der Waals surface area (Å²) in [5.74, 6) is -0.598. The van der Waals surface area contributed by atoms with E-state index in [1.54, 1.807) is 31.4 Å². The van der Waals surface area contributed by atoms with Gasteiger partial charge in [0.25, 0.3) is 21.8 Å². The summed E-state index contributed by atoms with van der Waals surface area (Å²) in [4.78, 5) is 26.1. The van der Waals surface area contributed by atoms with Crippen molar-refractivity contribution in [3.05, 3.63) is 102 Å². The van der Waals surface area contributed by atoms with Crippen LogP contribution in [-0.4, -0.2) is 43.2 Å².